The highest BCUT2D eigenvalue weighted by atomic mass is 19.4. The van der Waals surface area contributed by atoms with Crippen molar-refractivity contribution in [2.45, 2.75) is 19.0 Å². The first-order chi connectivity index (χ1) is 11.4. The average molecular weight is 337 g/mol. The van der Waals surface area contributed by atoms with Crippen molar-refractivity contribution in [3.05, 3.63) is 48.0 Å². The lowest BCUT2D eigenvalue weighted by Crippen LogP contribution is -2.19. The fraction of sp³-hybridized carbons (Fsp3) is 0.333. The van der Waals surface area contributed by atoms with E-state index in [0.717, 1.165) is 36.6 Å². The van der Waals surface area contributed by atoms with Gasteiger partial charge >= 0.3 is 6.18 Å². The second kappa shape index (κ2) is 6.63. The molecule has 0 aromatic heterocycles. The number of ether oxygens (including phenoxy) is 2. The molecule has 0 atom stereocenters. The van der Waals surface area contributed by atoms with Crippen LogP contribution in [0.15, 0.2) is 42.5 Å². The predicted molar refractivity (Wildman–Crippen MR) is 86.3 cm³/mol. The summed E-state index contributed by atoms with van der Waals surface area (Å²) in [6.07, 6.45) is -2.29. The Morgan fingerprint density at radius 2 is 1.79 bits per heavy atom. The number of alkyl halides is 3. The number of aryl methyl sites for hydroxylation is 1. The third kappa shape index (κ3) is 3.93. The Morgan fingerprint density at radius 1 is 1.08 bits per heavy atom. The maximum absolute atomic E-state index is 12.2. The molecule has 0 amide bonds. The van der Waals surface area contributed by atoms with Crippen molar-refractivity contribution in [2.75, 3.05) is 25.2 Å². The molecule has 0 saturated heterocycles. The third-order valence-corrected chi connectivity index (χ3v) is 3.91. The molecule has 24 heavy (non-hydrogen) atoms. The average Bonchev–Trinajstić information content (AvgIpc) is 2.59. The summed E-state index contributed by atoms with van der Waals surface area (Å²) in [5.41, 5.74) is 3.01. The van der Waals surface area contributed by atoms with Crippen LogP contribution in [0.3, 0.4) is 0 Å². The van der Waals surface area contributed by atoms with Gasteiger partial charge in [-0.1, -0.05) is 6.07 Å². The van der Waals surface area contributed by atoms with Crippen molar-refractivity contribution in [1.29, 1.82) is 0 Å². The molecular formula is C18H18F3NO2. The fourth-order valence-electron chi connectivity index (χ4n) is 2.62. The van der Waals surface area contributed by atoms with Crippen molar-refractivity contribution in [3.8, 4) is 11.5 Å². The van der Waals surface area contributed by atoms with Crippen LogP contribution in [0.1, 0.15) is 12.0 Å². The molecule has 1 aliphatic heterocycles. The van der Waals surface area contributed by atoms with Gasteiger partial charge in [-0.3, -0.25) is 0 Å². The van der Waals surface area contributed by atoms with Crippen LogP contribution >= 0.6 is 0 Å². The lowest BCUT2D eigenvalue weighted by atomic mass is 10.1. The summed E-state index contributed by atoms with van der Waals surface area (Å²) < 4.78 is 46.9. The van der Waals surface area contributed by atoms with E-state index in [-0.39, 0.29) is 5.75 Å². The number of fused-ring (bicyclic) bond motifs is 1. The van der Waals surface area contributed by atoms with Crippen LogP contribution in [0, 0.1) is 0 Å². The van der Waals surface area contributed by atoms with E-state index < -0.39 is 12.8 Å². The van der Waals surface area contributed by atoms with E-state index in [1.165, 1.54) is 17.7 Å². The van der Waals surface area contributed by atoms with E-state index in [1.54, 1.807) is 12.1 Å². The second-order valence-corrected chi connectivity index (χ2v) is 5.70. The van der Waals surface area contributed by atoms with Gasteiger partial charge in [0.15, 0.2) is 6.61 Å². The van der Waals surface area contributed by atoms with E-state index in [2.05, 4.69) is 6.07 Å². The summed E-state index contributed by atoms with van der Waals surface area (Å²) >= 11 is 0. The summed E-state index contributed by atoms with van der Waals surface area (Å²) in [6.45, 7) is -0.560. The van der Waals surface area contributed by atoms with Crippen molar-refractivity contribution >= 4 is 11.4 Å². The molecule has 6 heteroatoms. The molecule has 0 spiro atoms. The molecule has 3 rings (SSSR count). The van der Waals surface area contributed by atoms with Crippen molar-refractivity contribution in [2.24, 2.45) is 0 Å². The number of nitrogens with zero attached hydrogens (tertiary/aromatic N) is 1. The SMILES string of the molecule is CN(c1ccc(OCC(F)(F)F)cc1)c1ccc2c(c1)OCCC2. The number of rotatable bonds is 4. The van der Waals surface area contributed by atoms with Gasteiger partial charge in [-0.05, 0) is 48.7 Å². The van der Waals surface area contributed by atoms with Gasteiger partial charge in [-0.2, -0.15) is 13.2 Å². The number of hydrogen-bond donors (Lipinski definition) is 0. The first kappa shape index (κ1) is 16.5. The highest BCUT2D eigenvalue weighted by molar-refractivity contribution is 5.65. The molecule has 0 unspecified atom stereocenters. The first-order valence-corrected chi connectivity index (χ1v) is 7.71. The largest absolute Gasteiger partial charge is 0.493 e. The van der Waals surface area contributed by atoms with Gasteiger partial charge in [-0.15, -0.1) is 0 Å². The normalized spacial score (nSPS) is 13.8. The molecular weight excluding hydrogens is 319 g/mol. The summed E-state index contributed by atoms with van der Waals surface area (Å²) in [5.74, 6) is 1.09. The van der Waals surface area contributed by atoms with Gasteiger partial charge < -0.3 is 14.4 Å². The fourth-order valence-corrected chi connectivity index (χ4v) is 2.62. The summed E-state index contributed by atoms with van der Waals surface area (Å²) in [5, 5.41) is 0. The first-order valence-electron chi connectivity index (χ1n) is 7.71. The predicted octanol–water partition coefficient (Wildman–Crippen LogP) is 4.72. The zero-order valence-electron chi connectivity index (χ0n) is 13.3. The molecule has 0 fully saturated rings. The lowest BCUT2D eigenvalue weighted by molar-refractivity contribution is -0.153. The molecule has 1 aliphatic rings. The topological polar surface area (TPSA) is 21.7 Å². The van der Waals surface area contributed by atoms with Crippen LogP contribution in [0.25, 0.3) is 0 Å². The monoisotopic (exact) mass is 337 g/mol. The molecule has 0 bridgehead atoms. The van der Waals surface area contributed by atoms with Gasteiger partial charge in [0.1, 0.15) is 11.5 Å². The number of benzene rings is 2. The molecule has 1 heterocycles. The smallest absolute Gasteiger partial charge is 0.422 e. The van der Waals surface area contributed by atoms with Crippen LogP contribution in [0.2, 0.25) is 0 Å². The molecule has 0 aliphatic carbocycles. The Bertz CT molecular complexity index is 698. The van der Waals surface area contributed by atoms with E-state index in [9.17, 15) is 13.2 Å². The van der Waals surface area contributed by atoms with Crippen LogP contribution in [-0.2, 0) is 6.42 Å². The standard InChI is InChI=1S/C18H18F3NO2/c1-22(15-5-4-13-3-2-10-23-17(13)11-15)14-6-8-16(9-7-14)24-12-18(19,20)21/h4-9,11H,2-3,10,12H2,1H3. The molecule has 3 nitrogen and oxygen atoms in total. The summed E-state index contributed by atoms with van der Waals surface area (Å²) in [6, 6.07) is 12.6. The van der Waals surface area contributed by atoms with E-state index >= 15 is 0 Å². The summed E-state index contributed by atoms with van der Waals surface area (Å²) in [4.78, 5) is 1.95. The van der Waals surface area contributed by atoms with Crippen molar-refractivity contribution < 1.29 is 22.6 Å². The van der Waals surface area contributed by atoms with Crippen LogP contribution < -0.4 is 14.4 Å². The lowest BCUT2D eigenvalue weighted by Gasteiger charge is -2.23. The Labute approximate surface area is 138 Å². The Hall–Kier alpha value is -2.37. The Kier molecular flexibility index (Phi) is 4.55. The Balaban J connectivity index is 1.72. The van der Waals surface area contributed by atoms with Gasteiger partial charge in [0.25, 0.3) is 0 Å². The van der Waals surface area contributed by atoms with Gasteiger partial charge in [0.2, 0.25) is 0 Å². The zero-order valence-corrected chi connectivity index (χ0v) is 13.3. The number of hydrogen-bond acceptors (Lipinski definition) is 3. The Morgan fingerprint density at radius 3 is 2.50 bits per heavy atom. The minimum absolute atomic E-state index is 0.193. The van der Waals surface area contributed by atoms with E-state index in [4.69, 9.17) is 9.47 Å². The quantitative estimate of drug-likeness (QED) is 0.806. The zero-order chi connectivity index (χ0) is 17.2. The molecule has 0 N–H and O–H groups in total. The van der Waals surface area contributed by atoms with Gasteiger partial charge in [-0.25, -0.2) is 0 Å². The number of halogens is 3. The molecule has 2 aromatic rings. The van der Waals surface area contributed by atoms with Gasteiger partial charge in [0.05, 0.1) is 6.61 Å². The molecule has 0 radical (unpaired) electrons. The minimum Gasteiger partial charge on any atom is -0.493 e. The molecule has 0 saturated carbocycles. The van der Waals surface area contributed by atoms with Crippen LogP contribution in [-0.4, -0.2) is 26.4 Å². The molecule has 2 aromatic carbocycles. The van der Waals surface area contributed by atoms with Crippen LogP contribution in [0.4, 0.5) is 24.5 Å². The molecule has 128 valence electrons. The minimum atomic E-state index is -4.33. The second-order valence-electron chi connectivity index (χ2n) is 5.70. The maximum Gasteiger partial charge on any atom is 0.422 e. The van der Waals surface area contributed by atoms with E-state index in [0.29, 0.717) is 0 Å². The van der Waals surface area contributed by atoms with E-state index in [1.807, 2.05) is 24.1 Å². The number of anilines is 2. The maximum atomic E-state index is 12.2. The van der Waals surface area contributed by atoms with Crippen molar-refractivity contribution in [3.63, 3.8) is 0 Å². The third-order valence-electron chi connectivity index (χ3n) is 3.91. The summed E-state index contributed by atoms with van der Waals surface area (Å²) in [7, 11) is 1.90. The van der Waals surface area contributed by atoms with Crippen LogP contribution in [0.5, 0.6) is 11.5 Å². The van der Waals surface area contributed by atoms with Crippen molar-refractivity contribution in [1.82, 2.24) is 0 Å². The highest BCUT2D eigenvalue weighted by Crippen LogP contribution is 2.32. The highest BCUT2D eigenvalue weighted by Gasteiger charge is 2.28. The van der Waals surface area contributed by atoms with Gasteiger partial charge in [0, 0.05) is 24.5 Å².